The van der Waals surface area contributed by atoms with Gasteiger partial charge in [0.15, 0.2) is 5.78 Å². The van der Waals surface area contributed by atoms with Crippen LogP contribution in [-0.4, -0.2) is 35.4 Å². The minimum Gasteiger partial charge on any atom is -0.460 e. The molecule has 0 radical (unpaired) electrons. The van der Waals surface area contributed by atoms with E-state index in [0.29, 0.717) is 24.3 Å². The number of aromatic amines is 1. The number of ketones is 1. The van der Waals surface area contributed by atoms with Crippen molar-refractivity contribution in [1.82, 2.24) is 4.98 Å². The summed E-state index contributed by atoms with van der Waals surface area (Å²) in [5.41, 5.74) is 2.71. The zero-order valence-electron chi connectivity index (χ0n) is 13.2. The first-order valence-electron chi connectivity index (χ1n) is 7.56. The average molecular weight is 349 g/mol. The van der Waals surface area contributed by atoms with Crippen molar-refractivity contribution in [1.29, 1.82) is 0 Å². The molecule has 1 atom stereocenters. The smallest absolute Gasteiger partial charge is 0.355 e. The molecule has 2 heterocycles. The van der Waals surface area contributed by atoms with E-state index < -0.39 is 0 Å². The first-order chi connectivity index (χ1) is 11.1. The molecule has 0 aromatic carbocycles. The van der Waals surface area contributed by atoms with Gasteiger partial charge in [0.2, 0.25) is 0 Å². The lowest BCUT2D eigenvalue weighted by atomic mass is 9.84. The number of esters is 1. The van der Waals surface area contributed by atoms with Crippen LogP contribution in [0.4, 0.5) is 0 Å². The maximum atomic E-state index is 12.5. The topological polar surface area (TPSA) is 59.2 Å². The monoisotopic (exact) mass is 349 g/mol. The number of nitrogens with one attached hydrogen (secondary N) is 1. The van der Waals surface area contributed by atoms with Crippen molar-refractivity contribution in [3.63, 3.8) is 0 Å². The quantitative estimate of drug-likeness (QED) is 0.658. The second-order valence-electron chi connectivity index (χ2n) is 5.65. The molecule has 0 bridgehead atoms. The van der Waals surface area contributed by atoms with Gasteiger partial charge in [-0.3, -0.25) is 4.79 Å². The first-order valence-corrected chi connectivity index (χ1v) is 9.83. The number of H-pyrrole nitrogens is 1. The number of ether oxygens (including phenoxy) is 1. The Hall–Kier alpha value is -1.53. The Morgan fingerprint density at radius 3 is 3.00 bits per heavy atom. The Labute approximate surface area is 143 Å². The van der Waals surface area contributed by atoms with Crippen LogP contribution in [0.5, 0.6) is 0 Å². The molecule has 2 aromatic rings. The zero-order chi connectivity index (χ0) is 16.4. The third-order valence-corrected chi connectivity index (χ3v) is 5.77. The maximum absolute atomic E-state index is 12.5. The van der Waals surface area contributed by atoms with E-state index in [2.05, 4.69) is 11.1 Å². The molecule has 0 aliphatic heterocycles. The number of hydrogen-bond donors (Lipinski definition) is 1. The van der Waals surface area contributed by atoms with E-state index in [0.717, 1.165) is 23.4 Å². The van der Waals surface area contributed by atoms with Crippen molar-refractivity contribution in [2.75, 3.05) is 18.6 Å². The number of hydrogen-bond acceptors (Lipinski definition) is 5. The molecule has 1 N–H and O–H groups in total. The average Bonchev–Trinajstić information content (AvgIpc) is 3.15. The molecule has 4 nitrogen and oxygen atoms in total. The normalized spacial score (nSPS) is 17.1. The summed E-state index contributed by atoms with van der Waals surface area (Å²) in [4.78, 5) is 29.1. The Kier molecular flexibility index (Phi) is 4.92. The summed E-state index contributed by atoms with van der Waals surface area (Å²) in [6, 6.07) is 4.08. The predicted molar refractivity (Wildman–Crippen MR) is 93.9 cm³/mol. The number of carbonyl (C=O) groups excluding carboxylic acids is 2. The van der Waals surface area contributed by atoms with E-state index in [4.69, 9.17) is 4.74 Å². The third kappa shape index (κ3) is 3.23. The van der Waals surface area contributed by atoms with Crippen LogP contribution in [0.3, 0.4) is 0 Å². The molecule has 23 heavy (non-hydrogen) atoms. The van der Waals surface area contributed by atoms with Crippen LogP contribution in [-0.2, 0) is 11.2 Å². The fraction of sp³-hybridized carbons (Fsp3) is 0.412. The lowest BCUT2D eigenvalue weighted by Crippen LogP contribution is -2.17. The summed E-state index contributed by atoms with van der Waals surface area (Å²) < 4.78 is 5.26. The van der Waals surface area contributed by atoms with Crippen molar-refractivity contribution < 1.29 is 14.3 Å². The summed E-state index contributed by atoms with van der Waals surface area (Å²) in [6.45, 7) is 2.21. The summed E-state index contributed by atoms with van der Waals surface area (Å²) in [5.74, 6) is 0.714. The highest BCUT2D eigenvalue weighted by molar-refractivity contribution is 7.98. The van der Waals surface area contributed by atoms with Gasteiger partial charge in [0.25, 0.3) is 0 Å². The SMILES string of the molecule is CSCCOC(=O)c1[nH]c2c(c1C)C(=O)C[C@H](c1cccs1)C2. The van der Waals surface area contributed by atoms with Gasteiger partial charge in [-0.1, -0.05) is 6.07 Å². The summed E-state index contributed by atoms with van der Waals surface area (Å²) >= 11 is 3.31. The molecule has 0 unspecified atom stereocenters. The number of carbonyl (C=O) groups is 2. The van der Waals surface area contributed by atoms with Gasteiger partial charge < -0.3 is 9.72 Å². The summed E-state index contributed by atoms with van der Waals surface area (Å²) in [6.07, 6.45) is 3.24. The van der Waals surface area contributed by atoms with Crippen molar-refractivity contribution >= 4 is 34.9 Å². The number of Topliss-reactive ketones (excluding diaryl/α,β-unsaturated/α-hetero) is 1. The molecule has 0 spiro atoms. The molecular formula is C17H19NO3S2. The maximum Gasteiger partial charge on any atom is 0.355 e. The second kappa shape index (κ2) is 6.93. The first kappa shape index (κ1) is 16.3. The summed E-state index contributed by atoms with van der Waals surface area (Å²) in [5, 5.41) is 2.03. The lowest BCUT2D eigenvalue weighted by molar-refractivity contribution is 0.0523. The Morgan fingerprint density at radius 2 is 2.30 bits per heavy atom. The minimum atomic E-state index is -0.369. The lowest BCUT2D eigenvalue weighted by Gasteiger charge is -2.20. The Bertz CT molecular complexity index is 719. The third-order valence-electron chi connectivity index (χ3n) is 4.16. The molecule has 3 rings (SSSR count). The van der Waals surface area contributed by atoms with Crippen molar-refractivity contribution in [3.8, 4) is 0 Å². The molecule has 0 saturated heterocycles. The van der Waals surface area contributed by atoms with E-state index in [1.54, 1.807) is 23.1 Å². The molecule has 1 aliphatic carbocycles. The highest BCUT2D eigenvalue weighted by atomic mass is 32.2. The molecule has 122 valence electrons. The van der Waals surface area contributed by atoms with Crippen LogP contribution >= 0.6 is 23.1 Å². The van der Waals surface area contributed by atoms with E-state index >= 15 is 0 Å². The van der Waals surface area contributed by atoms with E-state index in [9.17, 15) is 9.59 Å². The Morgan fingerprint density at radius 1 is 1.48 bits per heavy atom. The van der Waals surface area contributed by atoms with Crippen LogP contribution in [0.2, 0.25) is 0 Å². The van der Waals surface area contributed by atoms with Crippen molar-refractivity contribution in [3.05, 3.63) is 44.9 Å². The van der Waals surface area contributed by atoms with Crippen molar-refractivity contribution in [2.24, 2.45) is 0 Å². The molecule has 0 saturated carbocycles. The van der Waals surface area contributed by atoms with Gasteiger partial charge in [-0.15, -0.1) is 11.3 Å². The van der Waals surface area contributed by atoms with E-state index in [1.165, 1.54) is 4.88 Å². The Balaban J connectivity index is 1.84. The van der Waals surface area contributed by atoms with Gasteiger partial charge in [-0.05, 0) is 36.6 Å². The van der Waals surface area contributed by atoms with E-state index in [-0.39, 0.29) is 17.7 Å². The second-order valence-corrected chi connectivity index (χ2v) is 7.62. The van der Waals surface area contributed by atoms with Gasteiger partial charge in [-0.25, -0.2) is 4.79 Å². The minimum absolute atomic E-state index is 0.113. The van der Waals surface area contributed by atoms with Gasteiger partial charge in [-0.2, -0.15) is 11.8 Å². The highest BCUT2D eigenvalue weighted by Gasteiger charge is 2.32. The highest BCUT2D eigenvalue weighted by Crippen LogP contribution is 2.36. The molecule has 2 aromatic heterocycles. The van der Waals surface area contributed by atoms with Gasteiger partial charge in [0.1, 0.15) is 12.3 Å². The van der Waals surface area contributed by atoms with Gasteiger partial charge >= 0.3 is 5.97 Å². The molecule has 0 fully saturated rings. The molecule has 6 heteroatoms. The van der Waals surface area contributed by atoms with Crippen LogP contribution in [0.15, 0.2) is 17.5 Å². The van der Waals surface area contributed by atoms with Crippen LogP contribution in [0.25, 0.3) is 0 Å². The predicted octanol–water partition coefficient (Wildman–Crippen LogP) is 3.82. The number of fused-ring (bicyclic) bond motifs is 1. The van der Waals surface area contributed by atoms with Gasteiger partial charge in [0.05, 0.1) is 0 Å². The van der Waals surface area contributed by atoms with Gasteiger partial charge in [0, 0.05) is 34.2 Å². The number of thioether (sulfide) groups is 1. The number of thiophene rings is 1. The zero-order valence-corrected chi connectivity index (χ0v) is 14.8. The fourth-order valence-electron chi connectivity index (χ4n) is 3.05. The van der Waals surface area contributed by atoms with E-state index in [1.807, 2.05) is 24.6 Å². The van der Waals surface area contributed by atoms with Crippen LogP contribution in [0.1, 0.15) is 49.3 Å². The molecular weight excluding hydrogens is 330 g/mol. The largest absolute Gasteiger partial charge is 0.460 e. The van der Waals surface area contributed by atoms with Crippen LogP contribution < -0.4 is 0 Å². The number of rotatable bonds is 5. The standard InChI is InChI=1S/C17H19NO3S2/c1-10-15-12(18-16(10)17(20)21-5-7-22-2)8-11(9-13(15)19)14-4-3-6-23-14/h3-4,6,11,18H,5,7-9H2,1-2H3/t11-/m1/s1. The fourth-order valence-corrected chi connectivity index (χ4v) is 4.13. The van der Waals surface area contributed by atoms with Crippen LogP contribution in [0, 0.1) is 6.92 Å². The summed E-state index contributed by atoms with van der Waals surface area (Å²) in [7, 11) is 0. The van der Waals surface area contributed by atoms with Crippen molar-refractivity contribution in [2.45, 2.75) is 25.7 Å². The molecule has 1 aliphatic rings. The molecule has 0 amide bonds. The number of aromatic nitrogens is 1.